The second kappa shape index (κ2) is 5.34. The van der Waals surface area contributed by atoms with Gasteiger partial charge in [-0.3, -0.25) is 14.9 Å². The fourth-order valence-corrected chi connectivity index (χ4v) is 2.96. The van der Waals surface area contributed by atoms with Gasteiger partial charge in [-0.25, -0.2) is 13.6 Å². The zero-order valence-corrected chi connectivity index (χ0v) is 12.2. The second-order valence-corrected chi connectivity index (χ2v) is 6.26. The normalized spacial score (nSPS) is 19.5. The van der Waals surface area contributed by atoms with Crippen molar-refractivity contribution < 1.29 is 18.0 Å². The number of carbonyl (C=O) groups is 2. The van der Waals surface area contributed by atoms with Crippen LogP contribution < -0.4 is 21.1 Å². The zero-order valence-electron chi connectivity index (χ0n) is 11.4. The fraction of sp³-hybridized carbons (Fsp3) is 0.333. The first-order valence-corrected chi connectivity index (χ1v) is 7.81. The molecule has 9 heteroatoms. The molecule has 21 heavy (non-hydrogen) atoms. The predicted octanol–water partition coefficient (Wildman–Crippen LogP) is -0.842. The summed E-state index contributed by atoms with van der Waals surface area (Å²) >= 11 is 0. The second-order valence-electron chi connectivity index (χ2n) is 4.73. The van der Waals surface area contributed by atoms with Crippen molar-refractivity contribution in [3.63, 3.8) is 0 Å². The van der Waals surface area contributed by atoms with Crippen molar-refractivity contribution in [1.29, 1.82) is 0 Å². The number of benzene rings is 1. The molecular formula is C12H16N4O4S. The number of nitrogens with one attached hydrogen (secondary N) is 1. The molecule has 1 aliphatic rings. The number of hydrogen-bond acceptors (Lipinski definition) is 6. The van der Waals surface area contributed by atoms with E-state index in [0.717, 1.165) is 0 Å². The first kappa shape index (κ1) is 15.3. The number of imide groups is 1. The molecule has 1 saturated heterocycles. The van der Waals surface area contributed by atoms with E-state index in [-0.39, 0.29) is 23.0 Å². The molecule has 0 radical (unpaired) electrons. The van der Waals surface area contributed by atoms with Gasteiger partial charge in [-0.1, -0.05) is 6.92 Å². The summed E-state index contributed by atoms with van der Waals surface area (Å²) in [7, 11) is -3.91. The third-order valence-electron chi connectivity index (χ3n) is 3.27. The Balaban J connectivity index is 2.43. The van der Waals surface area contributed by atoms with Gasteiger partial charge < -0.3 is 10.6 Å². The van der Waals surface area contributed by atoms with Crippen LogP contribution in [-0.2, 0) is 19.6 Å². The van der Waals surface area contributed by atoms with Crippen molar-refractivity contribution in [3.8, 4) is 0 Å². The number of nitrogen functional groups attached to an aromatic ring is 1. The molecule has 1 aromatic rings. The molecule has 114 valence electrons. The summed E-state index contributed by atoms with van der Waals surface area (Å²) in [6.45, 7) is 1.81. The van der Waals surface area contributed by atoms with E-state index in [2.05, 4.69) is 5.32 Å². The molecule has 0 spiro atoms. The Labute approximate surface area is 122 Å². The molecule has 0 aromatic heterocycles. The van der Waals surface area contributed by atoms with Crippen LogP contribution in [0.25, 0.3) is 0 Å². The molecule has 1 aromatic carbocycles. The van der Waals surface area contributed by atoms with Crippen LogP contribution in [0.2, 0.25) is 0 Å². The van der Waals surface area contributed by atoms with Crippen LogP contribution in [0.15, 0.2) is 23.1 Å². The number of anilines is 2. The summed E-state index contributed by atoms with van der Waals surface area (Å²) in [6, 6.07) is 3.63. The van der Waals surface area contributed by atoms with Crippen LogP contribution in [-0.4, -0.2) is 32.8 Å². The lowest BCUT2D eigenvalue weighted by Crippen LogP contribution is -2.58. The van der Waals surface area contributed by atoms with E-state index >= 15 is 0 Å². The van der Waals surface area contributed by atoms with E-state index in [0.29, 0.717) is 12.1 Å². The molecular weight excluding hydrogens is 296 g/mol. The Morgan fingerprint density at radius 1 is 1.38 bits per heavy atom. The van der Waals surface area contributed by atoms with Crippen LogP contribution in [0.5, 0.6) is 0 Å². The lowest BCUT2D eigenvalue weighted by atomic mass is 10.1. The van der Waals surface area contributed by atoms with Gasteiger partial charge in [-0.05, 0) is 24.6 Å². The Kier molecular flexibility index (Phi) is 3.88. The van der Waals surface area contributed by atoms with Crippen molar-refractivity contribution in [2.75, 3.05) is 17.2 Å². The highest BCUT2D eigenvalue weighted by Gasteiger charge is 2.32. The molecule has 1 unspecified atom stereocenters. The average Bonchev–Trinajstić information content (AvgIpc) is 2.36. The summed E-state index contributed by atoms with van der Waals surface area (Å²) in [5.41, 5.74) is 6.17. The standard InChI is InChI=1S/C12H16N4O4S/c1-2-9-12(18)15-11(17)6-16(9)7-3-4-10(8(13)5-7)21(14,19)20/h3-5,9H,2,6,13H2,1H3,(H2,14,19,20)(H,15,17,18). The van der Waals surface area contributed by atoms with E-state index in [4.69, 9.17) is 10.9 Å². The van der Waals surface area contributed by atoms with Crippen LogP contribution in [0.3, 0.4) is 0 Å². The zero-order chi connectivity index (χ0) is 15.8. The van der Waals surface area contributed by atoms with Crippen LogP contribution >= 0.6 is 0 Å². The maximum Gasteiger partial charge on any atom is 0.249 e. The molecule has 8 nitrogen and oxygen atoms in total. The first-order valence-electron chi connectivity index (χ1n) is 6.26. The van der Waals surface area contributed by atoms with Gasteiger partial charge in [0.2, 0.25) is 21.8 Å². The molecule has 0 aliphatic carbocycles. The molecule has 1 fully saturated rings. The quantitative estimate of drug-likeness (QED) is 0.492. The SMILES string of the molecule is CCC1C(=O)NC(=O)CN1c1ccc(S(N)(=O)=O)c(N)c1. The van der Waals surface area contributed by atoms with E-state index < -0.39 is 22.0 Å². The Bertz CT molecular complexity index is 701. The molecule has 2 rings (SSSR count). The fourth-order valence-electron chi connectivity index (χ4n) is 2.32. The largest absolute Gasteiger partial charge is 0.398 e. The Hall–Kier alpha value is -2.13. The average molecular weight is 312 g/mol. The maximum absolute atomic E-state index is 11.8. The minimum atomic E-state index is -3.91. The molecule has 1 atom stereocenters. The minimum absolute atomic E-state index is 0.00158. The van der Waals surface area contributed by atoms with Crippen molar-refractivity contribution >= 4 is 33.2 Å². The van der Waals surface area contributed by atoms with E-state index in [1.165, 1.54) is 18.2 Å². The maximum atomic E-state index is 11.8. The lowest BCUT2D eigenvalue weighted by molar-refractivity contribution is -0.132. The number of hydrogen-bond donors (Lipinski definition) is 3. The number of nitrogens with zero attached hydrogens (tertiary/aromatic N) is 1. The summed E-state index contributed by atoms with van der Waals surface area (Å²) in [5, 5.41) is 7.31. The summed E-state index contributed by atoms with van der Waals surface area (Å²) in [6.07, 6.45) is 0.496. The first-order chi connectivity index (χ1) is 9.74. The number of rotatable bonds is 3. The van der Waals surface area contributed by atoms with Crippen molar-refractivity contribution in [1.82, 2.24) is 5.32 Å². The number of primary sulfonamides is 1. The predicted molar refractivity (Wildman–Crippen MR) is 76.8 cm³/mol. The molecule has 1 aliphatic heterocycles. The number of carbonyl (C=O) groups excluding carboxylic acids is 2. The number of amides is 2. The van der Waals surface area contributed by atoms with Crippen LogP contribution in [0.4, 0.5) is 11.4 Å². The molecule has 1 heterocycles. The lowest BCUT2D eigenvalue weighted by Gasteiger charge is -2.35. The van der Waals surface area contributed by atoms with Gasteiger partial charge in [0, 0.05) is 5.69 Å². The van der Waals surface area contributed by atoms with Gasteiger partial charge in [0.1, 0.15) is 10.9 Å². The van der Waals surface area contributed by atoms with Gasteiger partial charge in [0.05, 0.1) is 12.2 Å². The minimum Gasteiger partial charge on any atom is -0.398 e. The highest BCUT2D eigenvalue weighted by molar-refractivity contribution is 7.89. The van der Waals surface area contributed by atoms with Gasteiger partial charge in [-0.15, -0.1) is 0 Å². The number of piperazine rings is 1. The van der Waals surface area contributed by atoms with Crippen LogP contribution in [0.1, 0.15) is 13.3 Å². The van der Waals surface area contributed by atoms with Crippen molar-refractivity contribution in [2.45, 2.75) is 24.3 Å². The molecule has 0 saturated carbocycles. The Morgan fingerprint density at radius 2 is 2.05 bits per heavy atom. The van der Waals surface area contributed by atoms with E-state index in [9.17, 15) is 18.0 Å². The monoisotopic (exact) mass is 312 g/mol. The van der Waals surface area contributed by atoms with Gasteiger partial charge in [-0.2, -0.15) is 0 Å². The summed E-state index contributed by atoms with van der Waals surface area (Å²) in [4.78, 5) is 24.7. The number of sulfonamides is 1. The number of nitrogens with two attached hydrogens (primary N) is 2. The topological polar surface area (TPSA) is 136 Å². The third-order valence-corrected chi connectivity index (χ3v) is 4.26. The Morgan fingerprint density at radius 3 is 2.57 bits per heavy atom. The smallest absolute Gasteiger partial charge is 0.249 e. The molecule has 2 amide bonds. The van der Waals surface area contributed by atoms with Crippen molar-refractivity contribution in [2.24, 2.45) is 5.14 Å². The molecule has 0 bridgehead atoms. The van der Waals surface area contributed by atoms with Crippen LogP contribution in [0, 0.1) is 0 Å². The molecule has 5 N–H and O–H groups in total. The van der Waals surface area contributed by atoms with Gasteiger partial charge >= 0.3 is 0 Å². The third kappa shape index (κ3) is 2.98. The van der Waals surface area contributed by atoms with E-state index in [1.54, 1.807) is 4.90 Å². The highest BCUT2D eigenvalue weighted by atomic mass is 32.2. The van der Waals surface area contributed by atoms with Gasteiger partial charge in [0.25, 0.3) is 0 Å². The summed E-state index contributed by atoms with van der Waals surface area (Å²) in [5.74, 6) is -0.804. The van der Waals surface area contributed by atoms with Gasteiger partial charge in [0.15, 0.2) is 0 Å². The summed E-state index contributed by atoms with van der Waals surface area (Å²) < 4.78 is 22.7. The highest BCUT2D eigenvalue weighted by Crippen LogP contribution is 2.27. The van der Waals surface area contributed by atoms with E-state index in [1.807, 2.05) is 6.92 Å². The van der Waals surface area contributed by atoms with Crippen molar-refractivity contribution in [3.05, 3.63) is 18.2 Å².